The molecule has 0 fully saturated rings. The topological polar surface area (TPSA) is 34.2 Å². The predicted octanol–water partition coefficient (Wildman–Crippen LogP) is 2.90. The quantitative estimate of drug-likeness (QED) is 0.838. The lowest BCUT2D eigenvalue weighted by atomic mass is 10.1. The molecule has 16 heavy (non-hydrogen) atoms. The molecular weight excluding hydrogens is 200 g/mol. The minimum Gasteiger partial charge on any atom is -0.497 e. The van der Waals surface area contributed by atoms with Crippen molar-refractivity contribution in [1.29, 1.82) is 0 Å². The number of ether oxygens (including phenoxy) is 1. The SMILES string of the molecule is CNc1cc(C)nc2c(C)cc(OC)cc12. The number of pyridine rings is 1. The molecule has 2 rings (SSSR count). The molecule has 0 amide bonds. The number of methoxy groups -OCH3 is 1. The molecule has 84 valence electrons. The Morgan fingerprint density at radius 2 is 1.94 bits per heavy atom. The summed E-state index contributed by atoms with van der Waals surface area (Å²) < 4.78 is 5.28. The van der Waals surface area contributed by atoms with Gasteiger partial charge in [-0.2, -0.15) is 0 Å². The van der Waals surface area contributed by atoms with Crippen molar-refractivity contribution >= 4 is 16.6 Å². The molecule has 0 aliphatic rings. The van der Waals surface area contributed by atoms with Crippen LogP contribution in [0.25, 0.3) is 10.9 Å². The van der Waals surface area contributed by atoms with Gasteiger partial charge < -0.3 is 10.1 Å². The maximum atomic E-state index is 5.28. The Morgan fingerprint density at radius 1 is 1.19 bits per heavy atom. The minimum atomic E-state index is 0.868. The van der Waals surface area contributed by atoms with Crippen molar-refractivity contribution in [3.63, 3.8) is 0 Å². The number of aryl methyl sites for hydroxylation is 2. The molecule has 0 aliphatic carbocycles. The number of rotatable bonds is 2. The molecule has 0 atom stereocenters. The summed E-state index contributed by atoms with van der Waals surface area (Å²) in [4.78, 5) is 4.56. The van der Waals surface area contributed by atoms with Gasteiger partial charge in [0.15, 0.2) is 0 Å². The summed E-state index contributed by atoms with van der Waals surface area (Å²) in [6, 6.07) is 6.07. The van der Waals surface area contributed by atoms with Crippen LogP contribution >= 0.6 is 0 Å². The van der Waals surface area contributed by atoms with Gasteiger partial charge in [-0.1, -0.05) is 0 Å². The van der Waals surface area contributed by atoms with Crippen molar-refractivity contribution < 1.29 is 4.74 Å². The maximum absolute atomic E-state index is 5.28. The number of nitrogens with zero attached hydrogens (tertiary/aromatic N) is 1. The molecule has 0 aliphatic heterocycles. The van der Waals surface area contributed by atoms with Crippen molar-refractivity contribution in [3.8, 4) is 5.75 Å². The second-order valence-corrected chi connectivity index (χ2v) is 3.90. The first-order valence-corrected chi connectivity index (χ1v) is 5.29. The number of anilines is 1. The van der Waals surface area contributed by atoms with Gasteiger partial charge >= 0.3 is 0 Å². The van der Waals surface area contributed by atoms with Crippen molar-refractivity contribution in [3.05, 3.63) is 29.5 Å². The first kappa shape index (κ1) is 10.7. The predicted molar refractivity (Wildman–Crippen MR) is 67.3 cm³/mol. The smallest absolute Gasteiger partial charge is 0.119 e. The lowest BCUT2D eigenvalue weighted by Gasteiger charge is -2.11. The summed E-state index contributed by atoms with van der Waals surface area (Å²) in [6.45, 7) is 4.06. The molecule has 2 aromatic rings. The number of hydrogen-bond acceptors (Lipinski definition) is 3. The van der Waals surface area contributed by atoms with Gasteiger partial charge in [0.2, 0.25) is 0 Å². The Kier molecular flexibility index (Phi) is 2.69. The van der Waals surface area contributed by atoms with Crippen LogP contribution in [0, 0.1) is 13.8 Å². The van der Waals surface area contributed by atoms with Crippen molar-refractivity contribution in [2.45, 2.75) is 13.8 Å². The van der Waals surface area contributed by atoms with Crippen molar-refractivity contribution in [2.24, 2.45) is 0 Å². The second-order valence-electron chi connectivity index (χ2n) is 3.90. The third-order valence-electron chi connectivity index (χ3n) is 2.71. The van der Waals surface area contributed by atoms with E-state index >= 15 is 0 Å². The van der Waals surface area contributed by atoms with Crippen molar-refractivity contribution in [2.75, 3.05) is 19.5 Å². The molecule has 1 aromatic carbocycles. The molecule has 0 spiro atoms. The fraction of sp³-hybridized carbons (Fsp3) is 0.308. The van der Waals surface area contributed by atoms with E-state index in [9.17, 15) is 0 Å². The lowest BCUT2D eigenvalue weighted by Crippen LogP contribution is -1.96. The van der Waals surface area contributed by atoms with Gasteiger partial charge in [-0.25, -0.2) is 0 Å². The zero-order valence-corrected chi connectivity index (χ0v) is 10.1. The van der Waals surface area contributed by atoms with E-state index in [0.717, 1.165) is 33.6 Å². The fourth-order valence-corrected chi connectivity index (χ4v) is 1.92. The Labute approximate surface area is 95.5 Å². The molecule has 3 nitrogen and oxygen atoms in total. The van der Waals surface area contributed by atoms with E-state index < -0.39 is 0 Å². The van der Waals surface area contributed by atoms with Gasteiger partial charge in [0, 0.05) is 23.8 Å². The van der Waals surface area contributed by atoms with Crippen LogP contribution in [0.4, 0.5) is 5.69 Å². The summed E-state index contributed by atoms with van der Waals surface area (Å²) >= 11 is 0. The Morgan fingerprint density at radius 3 is 2.56 bits per heavy atom. The highest BCUT2D eigenvalue weighted by molar-refractivity contribution is 5.94. The summed E-state index contributed by atoms with van der Waals surface area (Å²) in [7, 11) is 3.60. The van der Waals surface area contributed by atoms with Crippen LogP contribution in [0.15, 0.2) is 18.2 Å². The normalized spacial score (nSPS) is 10.5. The number of nitrogens with one attached hydrogen (secondary N) is 1. The highest BCUT2D eigenvalue weighted by atomic mass is 16.5. The van der Waals surface area contributed by atoms with E-state index in [2.05, 4.69) is 17.2 Å². The monoisotopic (exact) mass is 216 g/mol. The molecule has 0 unspecified atom stereocenters. The van der Waals surface area contributed by atoms with Crippen LogP contribution in [-0.4, -0.2) is 19.1 Å². The average molecular weight is 216 g/mol. The molecule has 0 saturated carbocycles. The third kappa shape index (κ3) is 1.69. The maximum Gasteiger partial charge on any atom is 0.119 e. The first-order valence-electron chi connectivity index (χ1n) is 5.29. The molecule has 0 saturated heterocycles. The number of fused-ring (bicyclic) bond motifs is 1. The van der Waals surface area contributed by atoms with E-state index in [-0.39, 0.29) is 0 Å². The molecule has 0 bridgehead atoms. The van der Waals surface area contributed by atoms with Crippen LogP contribution in [0.3, 0.4) is 0 Å². The fourth-order valence-electron chi connectivity index (χ4n) is 1.92. The van der Waals surface area contributed by atoms with Gasteiger partial charge in [-0.05, 0) is 37.6 Å². The van der Waals surface area contributed by atoms with E-state index in [1.807, 2.05) is 32.2 Å². The van der Waals surface area contributed by atoms with Crippen LogP contribution in [0.5, 0.6) is 5.75 Å². The molecule has 1 N–H and O–H groups in total. The zero-order chi connectivity index (χ0) is 11.7. The Bertz CT molecular complexity index is 535. The molecule has 3 heteroatoms. The highest BCUT2D eigenvalue weighted by Gasteiger charge is 2.07. The summed E-state index contributed by atoms with van der Waals surface area (Å²) in [5.74, 6) is 0.868. The Hall–Kier alpha value is -1.77. The van der Waals surface area contributed by atoms with Crippen LogP contribution in [0.2, 0.25) is 0 Å². The zero-order valence-electron chi connectivity index (χ0n) is 10.1. The van der Waals surface area contributed by atoms with E-state index in [1.54, 1.807) is 7.11 Å². The molecule has 1 heterocycles. The standard InChI is InChI=1S/C13H16N2O/c1-8-5-10(16-4)7-11-12(14-3)6-9(2)15-13(8)11/h5-7H,1-4H3,(H,14,15). The van der Waals surface area contributed by atoms with Gasteiger partial charge in [0.25, 0.3) is 0 Å². The van der Waals surface area contributed by atoms with Crippen LogP contribution < -0.4 is 10.1 Å². The van der Waals surface area contributed by atoms with Gasteiger partial charge in [-0.15, -0.1) is 0 Å². The van der Waals surface area contributed by atoms with E-state index in [4.69, 9.17) is 4.74 Å². The van der Waals surface area contributed by atoms with Gasteiger partial charge in [-0.3, -0.25) is 4.98 Å². The number of benzene rings is 1. The largest absolute Gasteiger partial charge is 0.497 e. The lowest BCUT2D eigenvalue weighted by molar-refractivity contribution is 0.415. The number of hydrogen-bond donors (Lipinski definition) is 1. The van der Waals surface area contributed by atoms with Crippen molar-refractivity contribution in [1.82, 2.24) is 4.98 Å². The summed E-state index contributed by atoms with van der Waals surface area (Å²) in [6.07, 6.45) is 0. The number of aromatic nitrogens is 1. The molecule has 0 radical (unpaired) electrons. The molecule has 1 aromatic heterocycles. The Balaban J connectivity index is 2.83. The van der Waals surface area contributed by atoms with Gasteiger partial charge in [0.1, 0.15) is 5.75 Å². The third-order valence-corrected chi connectivity index (χ3v) is 2.71. The highest BCUT2D eigenvalue weighted by Crippen LogP contribution is 2.29. The van der Waals surface area contributed by atoms with Crippen LogP contribution in [-0.2, 0) is 0 Å². The first-order chi connectivity index (χ1) is 7.65. The average Bonchev–Trinajstić information content (AvgIpc) is 2.28. The summed E-state index contributed by atoms with van der Waals surface area (Å²) in [5, 5.41) is 4.30. The molecular formula is C13H16N2O. The van der Waals surface area contributed by atoms with Gasteiger partial charge in [0.05, 0.1) is 12.6 Å². The second kappa shape index (κ2) is 4.00. The summed E-state index contributed by atoms with van der Waals surface area (Å²) in [5.41, 5.74) is 4.27. The minimum absolute atomic E-state index is 0.868. The van der Waals surface area contributed by atoms with E-state index in [0.29, 0.717) is 0 Å². The van der Waals surface area contributed by atoms with E-state index in [1.165, 1.54) is 0 Å². The van der Waals surface area contributed by atoms with Crippen LogP contribution in [0.1, 0.15) is 11.3 Å².